The van der Waals surface area contributed by atoms with Crippen molar-refractivity contribution in [2.24, 2.45) is 0 Å². The lowest BCUT2D eigenvalue weighted by Gasteiger charge is -2.17. The van der Waals surface area contributed by atoms with E-state index in [4.69, 9.17) is 4.74 Å². The standard InChI is InChI=1S/C20H21N3O4S/c1-28(25,26)13-14-9-10-23(12-14)20(24)17-11-21-18(15-7-8-15)22-19(17)27-16-5-3-2-4-6-16/h2-6,11,13,15H,7-10,12H2,1H3/b14-13-. The quantitative estimate of drug-likeness (QED) is 0.768. The summed E-state index contributed by atoms with van der Waals surface area (Å²) in [5.74, 6) is 1.61. The van der Waals surface area contributed by atoms with Crippen LogP contribution in [-0.2, 0) is 9.84 Å². The van der Waals surface area contributed by atoms with Crippen LogP contribution in [0.15, 0.2) is 47.5 Å². The second-order valence-corrected chi connectivity index (χ2v) is 9.11. The third-order valence-electron chi connectivity index (χ3n) is 4.67. The van der Waals surface area contributed by atoms with Gasteiger partial charge in [-0.15, -0.1) is 0 Å². The fourth-order valence-electron chi connectivity index (χ4n) is 3.17. The van der Waals surface area contributed by atoms with E-state index < -0.39 is 9.84 Å². The van der Waals surface area contributed by atoms with Gasteiger partial charge in [0.05, 0.1) is 0 Å². The van der Waals surface area contributed by atoms with Gasteiger partial charge in [-0.3, -0.25) is 4.79 Å². The highest BCUT2D eigenvalue weighted by Gasteiger charge is 2.31. The average Bonchev–Trinajstić information content (AvgIpc) is 3.41. The minimum absolute atomic E-state index is 0.244. The largest absolute Gasteiger partial charge is 0.438 e. The van der Waals surface area contributed by atoms with Crippen molar-refractivity contribution in [2.75, 3.05) is 19.3 Å². The third-order valence-corrected chi connectivity index (χ3v) is 5.43. The molecule has 28 heavy (non-hydrogen) atoms. The van der Waals surface area contributed by atoms with Crippen LogP contribution in [0.1, 0.15) is 41.4 Å². The van der Waals surface area contributed by atoms with Crippen molar-refractivity contribution in [1.82, 2.24) is 14.9 Å². The van der Waals surface area contributed by atoms with Gasteiger partial charge in [0.2, 0.25) is 5.88 Å². The first-order valence-corrected chi connectivity index (χ1v) is 11.1. The van der Waals surface area contributed by atoms with Gasteiger partial charge in [-0.05, 0) is 37.0 Å². The van der Waals surface area contributed by atoms with Crippen LogP contribution in [-0.4, -0.2) is 48.5 Å². The number of likely N-dealkylation sites (tertiary alicyclic amines) is 1. The Balaban J connectivity index is 1.61. The van der Waals surface area contributed by atoms with Gasteiger partial charge < -0.3 is 9.64 Å². The number of para-hydroxylation sites is 1. The molecule has 0 unspecified atom stereocenters. The van der Waals surface area contributed by atoms with E-state index in [2.05, 4.69) is 9.97 Å². The molecule has 0 N–H and O–H groups in total. The topological polar surface area (TPSA) is 89.5 Å². The van der Waals surface area contributed by atoms with E-state index in [1.807, 2.05) is 18.2 Å². The number of hydrogen-bond acceptors (Lipinski definition) is 6. The Morgan fingerprint density at radius 2 is 2.00 bits per heavy atom. The second-order valence-electron chi connectivity index (χ2n) is 7.22. The molecular formula is C20H21N3O4S. The summed E-state index contributed by atoms with van der Waals surface area (Å²) in [7, 11) is -3.23. The number of ether oxygens (including phenoxy) is 1. The van der Waals surface area contributed by atoms with Crippen LogP contribution < -0.4 is 4.74 Å². The van der Waals surface area contributed by atoms with Crippen LogP contribution in [0.25, 0.3) is 0 Å². The molecule has 1 aromatic heterocycles. The monoisotopic (exact) mass is 399 g/mol. The second kappa shape index (κ2) is 7.35. The molecule has 7 nitrogen and oxygen atoms in total. The lowest BCUT2D eigenvalue weighted by Crippen LogP contribution is -2.28. The number of nitrogens with zero attached hydrogens (tertiary/aromatic N) is 3. The van der Waals surface area contributed by atoms with Crippen molar-refractivity contribution in [3.63, 3.8) is 0 Å². The summed E-state index contributed by atoms with van der Waals surface area (Å²) in [5, 5.41) is 1.24. The van der Waals surface area contributed by atoms with Gasteiger partial charge in [0.25, 0.3) is 5.91 Å². The molecule has 146 valence electrons. The number of sulfone groups is 1. The van der Waals surface area contributed by atoms with E-state index in [9.17, 15) is 13.2 Å². The Hall–Kier alpha value is -2.74. The molecule has 1 aliphatic heterocycles. The maximum Gasteiger partial charge on any atom is 0.261 e. The third kappa shape index (κ3) is 4.39. The fraction of sp³-hybridized carbons (Fsp3) is 0.350. The zero-order valence-corrected chi connectivity index (χ0v) is 16.4. The molecule has 4 rings (SSSR count). The molecule has 2 aromatic rings. The van der Waals surface area contributed by atoms with Crippen molar-refractivity contribution in [2.45, 2.75) is 25.2 Å². The van der Waals surface area contributed by atoms with Crippen LogP contribution in [0.2, 0.25) is 0 Å². The molecule has 1 amide bonds. The first-order chi connectivity index (χ1) is 13.4. The lowest BCUT2D eigenvalue weighted by atomic mass is 10.2. The Kier molecular flexibility index (Phi) is 4.89. The molecule has 2 aliphatic rings. The number of rotatable bonds is 5. The highest BCUT2D eigenvalue weighted by molar-refractivity contribution is 7.93. The molecule has 1 saturated heterocycles. The van der Waals surface area contributed by atoms with Crippen molar-refractivity contribution in [1.29, 1.82) is 0 Å². The van der Waals surface area contributed by atoms with Crippen LogP contribution >= 0.6 is 0 Å². The van der Waals surface area contributed by atoms with Crippen LogP contribution in [0.4, 0.5) is 0 Å². The zero-order chi connectivity index (χ0) is 19.7. The number of carbonyl (C=O) groups is 1. The highest BCUT2D eigenvalue weighted by Crippen LogP contribution is 2.39. The molecule has 0 bridgehead atoms. The van der Waals surface area contributed by atoms with Gasteiger partial charge >= 0.3 is 0 Å². The normalized spacial score (nSPS) is 18.5. The van der Waals surface area contributed by atoms with Gasteiger partial charge in [0.15, 0.2) is 9.84 Å². The summed E-state index contributed by atoms with van der Waals surface area (Å²) in [6, 6.07) is 9.19. The molecule has 0 spiro atoms. The summed E-state index contributed by atoms with van der Waals surface area (Å²) >= 11 is 0. The van der Waals surface area contributed by atoms with Crippen molar-refractivity contribution in [3.8, 4) is 11.6 Å². The predicted molar refractivity (Wildman–Crippen MR) is 104 cm³/mol. The maximum absolute atomic E-state index is 13.1. The van der Waals surface area contributed by atoms with Crippen molar-refractivity contribution in [3.05, 3.63) is 58.9 Å². The van der Waals surface area contributed by atoms with Gasteiger partial charge in [0.1, 0.15) is 17.1 Å². The van der Waals surface area contributed by atoms with Crippen molar-refractivity contribution >= 4 is 15.7 Å². The van der Waals surface area contributed by atoms with E-state index in [1.54, 1.807) is 17.0 Å². The number of carbonyl (C=O) groups excluding carboxylic acids is 1. The number of benzene rings is 1. The molecule has 0 atom stereocenters. The minimum atomic E-state index is -3.23. The Bertz CT molecular complexity index is 1030. The maximum atomic E-state index is 13.1. The Labute approximate surface area is 164 Å². The smallest absolute Gasteiger partial charge is 0.261 e. The van der Waals surface area contributed by atoms with E-state index in [1.165, 1.54) is 11.6 Å². The lowest BCUT2D eigenvalue weighted by molar-refractivity contribution is 0.0792. The average molecular weight is 399 g/mol. The molecule has 1 saturated carbocycles. The van der Waals surface area contributed by atoms with E-state index in [0.717, 1.165) is 24.7 Å². The van der Waals surface area contributed by atoms with Crippen LogP contribution in [0, 0.1) is 0 Å². The fourth-order valence-corrected chi connectivity index (χ4v) is 3.96. The molecule has 2 fully saturated rings. The SMILES string of the molecule is CS(=O)(=O)/C=C1/CCN(C(=O)c2cnc(C3CC3)nc2Oc2ccccc2)C1. The highest BCUT2D eigenvalue weighted by atomic mass is 32.2. The van der Waals surface area contributed by atoms with Gasteiger partial charge in [-0.1, -0.05) is 18.2 Å². The van der Waals surface area contributed by atoms with Gasteiger partial charge in [-0.2, -0.15) is 4.98 Å². The molecule has 2 heterocycles. The molecule has 0 radical (unpaired) electrons. The molecular weight excluding hydrogens is 378 g/mol. The first-order valence-electron chi connectivity index (χ1n) is 9.18. The Morgan fingerprint density at radius 3 is 2.68 bits per heavy atom. The summed E-state index contributed by atoms with van der Waals surface area (Å²) < 4.78 is 28.9. The van der Waals surface area contributed by atoms with E-state index >= 15 is 0 Å². The summed E-state index contributed by atoms with van der Waals surface area (Å²) in [6.07, 6.45) is 5.31. The van der Waals surface area contributed by atoms with E-state index in [0.29, 0.717) is 30.5 Å². The molecule has 1 aliphatic carbocycles. The van der Waals surface area contributed by atoms with Gasteiger partial charge in [-0.25, -0.2) is 13.4 Å². The number of amides is 1. The number of hydrogen-bond donors (Lipinski definition) is 0. The Morgan fingerprint density at radius 1 is 1.25 bits per heavy atom. The van der Waals surface area contributed by atoms with Crippen LogP contribution in [0.5, 0.6) is 11.6 Å². The minimum Gasteiger partial charge on any atom is -0.438 e. The van der Waals surface area contributed by atoms with E-state index in [-0.39, 0.29) is 23.9 Å². The number of aromatic nitrogens is 2. The van der Waals surface area contributed by atoms with Crippen molar-refractivity contribution < 1.29 is 17.9 Å². The summed E-state index contributed by atoms with van der Waals surface area (Å²) in [5.41, 5.74) is 1.01. The molecule has 1 aromatic carbocycles. The summed E-state index contributed by atoms with van der Waals surface area (Å²) in [6.45, 7) is 0.733. The molecule has 8 heteroatoms. The van der Waals surface area contributed by atoms with Crippen LogP contribution in [0.3, 0.4) is 0 Å². The zero-order valence-electron chi connectivity index (χ0n) is 15.5. The summed E-state index contributed by atoms with van der Waals surface area (Å²) in [4.78, 5) is 23.5. The van der Waals surface area contributed by atoms with Gasteiger partial charge in [0, 0.05) is 36.9 Å². The first kappa shape index (κ1) is 18.6. The predicted octanol–water partition coefficient (Wildman–Crippen LogP) is 2.92.